The van der Waals surface area contributed by atoms with Gasteiger partial charge >= 0.3 is 6.09 Å². The summed E-state index contributed by atoms with van der Waals surface area (Å²) in [6.07, 6.45) is 7.61. The van der Waals surface area contributed by atoms with Gasteiger partial charge in [0, 0.05) is 13.1 Å². The fourth-order valence-electron chi connectivity index (χ4n) is 8.60. The molecule has 0 unspecified atom stereocenters. The van der Waals surface area contributed by atoms with E-state index in [1.54, 1.807) is 35.4 Å². The zero-order valence-electron chi connectivity index (χ0n) is 30.9. The van der Waals surface area contributed by atoms with Gasteiger partial charge in [0.1, 0.15) is 17.7 Å². The Morgan fingerprint density at radius 3 is 1.66 bits per heavy atom. The Kier molecular flexibility index (Phi) is 9.20. The number of hydrogen-bond donors (Lipinski definition) is 4. The van der Waals surface area contributed by atoms with E-state index in [-0.39, 0.29) is 29.3 Å². The van der Waals surface area contributed by atoms with E-state index in [9.17, 15) is 19.5 Å². The molecule has 2 aromatic heterocycles. The summed E-state index contributed by atoms with van der Waals surface area (Å²) < 4.78 is 0. The molecule has 4 heterocycles. The van der Waals surface area contributed by atoms with Crippen molar-refractivity contribution in [2.75, 3.05) is 13.1 Å². The topological polar surface area (TPSA) is 147 Å². The first kappa shape index (κ1) is 35.2. The van der Waals surface area contributed by atoms with Gasteiger partial charge in [-0.1, -0.05) is 109 Å². The molecule has 11 heteroatoms. The van der Waals surface area contributed by atoms with Crippen molar-refractivity contribution in [3.63, 3.8) is 0 Å². The lowest BCUT2D eigenvalue weighted by Gasteiger charge is -2.28. The number of benzene rings is 4. The summed E-state index contributed by atoms with van der Waals surface area (Å²) in [7, 11) is 0. The molecule has 3 amide bonds. The summed E-state index contributed by atoms with van der Waals surface area (Å²) in [6, 6.07) is 34.5. The number of aromatic amines is 2. The zero-order chi connectivity index (χ0) is 38.2. The van der Waals surface area contributed by atoms with Crippen molar-refractivity contribution in [2.24, 2.45) is 0 Å². The number of hydrogen-bond acceptors (Lipinski definition) is 5. The number of amides is 3. The SMILES string of the molecule is O=C(O)N[C@@H](C(=O)N1CCC[C@H]1c1ncc(-c2ccc(-c3ccc(-c4cnc([C@@H]5CCCN5C(=O)C5(c6ccccc6)CC5)[nH]4)cc3)cc2)[nH]1)c1ccccc1. The number of imidazole rings is 2. The third-order valence-corrected chi connectivity index (χ3v) is 11.7. The van der Waals surface area contributed by atoms with Crippen molar-refractivity contribution in [1.29, 1.82) is 0 Å². The molecular formula is C45H43N7O4. The predicted octanol–water partition coefficient (Wildman–Crippen LogP) is 8.20. The third kappa shape index (κ3) is 6.63. The molecule has 1 saturated carbocycles. The normalized spacial score (nSPS) is 19.1. The highest BCUT2D eigenvalue weighted by Crippen LogP contribution is 2.51. The van der Waals surface area contributed by atoms with E-state index >= 15 is 0 Å². The van der Waals surface area contributed by atoms with Crippen molar-refractivity contribution in [3.8, 4) is 33.6 Å². The van der Waals surface area contributed by atoms with Crippen LogP contribution < -0.4 is 5.32 Å². The van der Waals surface area contributed by atoms with Crippen LogP contribution in [0.4, 0.5) is 4.79 Å². The maximum atomic E-state index is 13.9. The van der Waals surface area contributed by atoms with Crippen molar-refractivity contribution in [1.82, 2.24) is 35.1 Å². The minimum absolute atomic E-state index is 0.0473. The van der Waals surface area contributed by atoms with Crippen LogP contribution in [0.2, 0.25) is 0 Å². The van der Waals surface area contributed by atoms with Crippen LogP contribution in [0.25, 0.3) is 33.6 Å². The predicted molar refractivity (Wildman–Crippen MR) is 212 cm³/mol. The Morgan fingerprint density at radius 1 is 0.661 bits per heavy atom. The number of likely N-dealkylation sites (tertiary alicyclic amines) is 2. The number of carbonyl (C=O) groups is 3. The van der Waals surface area contributed by atoms with Gasteiger partial charge in [-0.3, -0.25) is 9.59 Å². The van der Waals surface area contributed by atoms with Gasteiger partial charge in [-0.15, -0.1) is 0 Å². The van der Waals surface area contributed by atoms with E-state index in [1.165, 1.54) is 0 Å². The Morgan fingerprint density at radius 2 is 1.14 bits per heavy atom. The van der Waals surface area contributed by atoms with Crippen molar-refractivity contribution >= 4 is 17.9 Å². The summed E-state index contributed by atoms with van der Waals surface area (Å²) in [5.41, 5.74) is 7.25. The molecule has 3 atom stereocenters. The highest BCUT2D eigenvalue weighted by molar-refractivity contribution is 5.92. The van der Waals surface area contributed by atoms with Crippen LogP contribution in [0.5, 0.6) is 0 Å². The molecule has 11 nitrogen and oxygen atoms in total. The van der Waals surface area contributed by atoms with Crippen molar-refractivity contribution in [2.45, 2.75) is 62.1 Å². The molecule has 282 valence electrons. The lowest BCUT2D eigenvalue weighted by Crippen LogP contribution is -2.42. The standard InChI is InChI=1S/C45H43N7O4/c53-42(39(50-44(55)56)33-9-3-1-4-10-33)51-25-7-13-37(51)40-46-27-35(48-40)31-19-15-29(16-20-31)30-17-21-32(22-18-30)36-28-47-41(49-36)38-14-8-26-52(38)43(54)45(23-24-45)34-11-5-2-6-12-34/h1-6,9-12,15-22,27-28,37-39,50H,7-8,13-14,23-26H2,(H,46,48)(H,47,49)(H,55,56)/t37-,38-,39+/m0/s1. The second kappa shape index (κ2) is 14.6. The maximum absolute atomic E-state index is 13.9. The van der Waals surface area contributed by atoms with Crippen LogP contribution in [0.1, 0.15) is 79.4 Å². The van der Waals surface area contributed by atoms with Crippen LogP contribution in [0, 0.1) is 0 Å². The van der Waals surface area contributed by atoms with Crippen molar-refractivity contribution in [3.05, 3.63) is 144 Å². The van der Waals surface area contributed by atoms with E-state index in [0.29, 0.717) is 17.9 Å². The van der Waals surface area contributed by atoms with Gasteiger partial charge in [0.05, 0.1) is 41.3 Å². The molecule has 9 rings (SSSR count). The minimum atomic E-state index is -1.25. The van der Waals surface area contributed by atoms with Gasteiger partial charge in [0.2, 0.25) is 5.91 Å². The van der Waals surface area contributed by atoms with Crippen LogP contribution >= 0.6 is 0 Å². The second-order valence-electron chi connectivity index (χ2n) is 15.1. The van der Waals surface area contributed by atoms with Gasteiger partial charge in [-0.2, -0.15) is 0 Å². The molecular weight excluding hydrogens is 703 g/mol. The van der Waals surface area contributed by atoms with Gasteiger partial charge < -0.3 is 30.2 Å². The number of nitrogens with one attached hydrogen (secondary N) is 3. The van der Waals surface area contributed by atoms with E-state index in [1.807, 2.05) is 35.4 Å². The fraction of sp³-hybridized carbons (Fsp3) is 0.267. The summed E-state index contributed by atoms with van der Waals surface area (Å²) in [5.74, 6) is 1.46. The Bertz CT molecular complexity index is 2350. The highest BCUT2D eigenvalue weighted by Gasteiger charge is 2.54. The Hall–Kier alpha value is -6.49. The lowest BCUT2D eigenvalue weighted by molar-refractivity contribution is -0.135. The maximum Gasteiger partial charge on any atom is 0.405 e. The smallest absolute Gasteiger partial charge is 0.405 e. The molecule has 4 N–H and O–H groups in total. The molecule has 0 radical (unpaired) electrons. The fourth-order valence-corrected chi connectivity index (χ4v) is 8.60. The zero-order valence-corrected chi connectivity index (χ0v) is 30.9. The first-order valence-corrected chi connectivity index (χ1v) is 19.4. The van der Waals surface area contributed by atoms with E-state index < -0.39 is 12.1 Å². The molecule has 3 fully saturated rings. The van der Waals surface area contributed by atoms with E-state index in [0.717, 1.165) is 90.1 Å². The van der Waals surface area contributed by atoms with Gasteiger partial charge in [0.25, 0.3) is 5.91 Å². The quantitative estimate of drug-likeness (QED) is 0.111. The number of carbonyl (C=O) groups excluding carboxylic acids is 2. The van der Waals surface area contributed by atoms with Crippen LogP contribution in [0.3, 0.4) is 0 Å². The summed E-state index contributed by atoms with van der Waals surface area (Å²) in [6.45, 7) is 1.28. The molecule has 2 aliphatic heterocycles. The molecule has 4 aromatic carbocycles. The molecule has 0 spiro atoms. The average molecular weight is 746 g/mol. The molecule has 0 bridgehead atoms. The average Bonchev–Trinajstić information content (AvgIpc) is 3.77. The molecule has 1 aliphatic carbocycles. The summed E-state index contributed by atoms with van der Waals surface area (Å²) >= 11 is 0. The van der Waals surface area contributed by atoms with Crippen LogP contribution in [0.15, 0.2) is 122 Å². The Balaban J connectivity index is 0.861. The Labute approximate surface area is 324 Å². The van der Waals surface area contributed by atoms with Crippen molar-refractivity contribution < 1.29 is 19.5 Å². The number of nitrogens with zero attached hydrogens (tertiary/aromatic N) is 4. The highest BCUT2D eigenvalue weighted by atomic mass is 16.4. The lowest BCUT2D eigenvalue weighted by atomic mass is 9.94. The van der Waals surface area contributed by atoms with E-state index in [4.69, 9.17) is 4.98 Å². The molecule has 6 aromatic rings. The first-order valence-electron chi connectivity index (χ1n) is 19.4. The second-order valence-corrected chi connectivity index (χ2v) is 15.1. The van der Waals surface area contributed by atoms with Crippen LogP contribution in [-0.2, 0) is 15.0 Å². The number of rotatable bonds is 10. The summed E-state index contributed by atoms with van der Waals surface area (Å²) in [4.78, 5) is 59.4. The monoisotopic (exact) mass is 745 g/mol. The molecule has 3 aliphatic rings. The molecule has 2 saturated heterocycles. The minimum Gasteiger partial charge on any atom is -0.465 e. The number of aromatic nitrogens is 4. The third-order valence-electron chi connectivity index (χ3n) is 11.7. The van der Waals surface area contributed by atoms with E-state index in [2.05, 4.69) is 80.9 Å². The molecule has 56 heavy (non-hydrogen) atoms. The summed E-state index contributed by atoms with van der Waals surface area (Å²) in [5, 5.41) is 11.9. The largest absolute Gasteiger partial charge is 0.465 e. The number of carboxylic acid groups (broad SMARTS) is 1. The van der Waals surface area contributed by atoms with Gasteiger partial charge in [0.15, 0.2) is 0 Å². The van der Waals surface area contributed by atoms with Gasteiger partial charge in [-0.25, -0.2) is 14.8 Å². The first-order chi connectivity index (χ1) is 27.4. The van der Waals surface area contributed by atoms with Gasteiger partial charge in [-0.05, 0) is 71.9 Å². The number of H-pyrrole nitrogens is 2. The van der Waals surface area contributed by atoms with Crippen LogP contribution in [-0.4, -0.2) is 65.8 Å².